The van der Waals surface area contributed by atoms with Crippen molar-refractivity contribution in [3.05, 3.63) is 71.0 Å². The average molecular weight is 405 g/mol. The lowest BCUT2D eigenvalue weighted by atomic mass is 10.0. The number of hydrogen-bond acceptors (Lipinski definition) is 3. The van der Waals surface area contributed by atoms with Crippen molar-refractivity contribution < 1.29 is 22.8 Å². The van der Waals surface area contributed by atoms with Crippen LogP contribution in [0.5, 0.6) is 0 Å². The molecule has 2 amide bonds. The molecule has 0 radical (unpaired) electrons. The SMILES string of the molecule is O=C(CNC(=O)c1ccc(F)cc1)NC1CCN(Cc2ccc(F)c(F)c2)CC1. The zero-order chi connectivity index (χ0) is 20.8. The van der Waals surface area contributed by atoms with Crippen molar-refractivity contribution >= 4 is 11.8 Å². The summed E-state index contributed by atoms with van der Waals surface area (Å²) in [5.41, 5.74) is 0.986. The minimum absolute atomic E-state index is 0.00794. The second kappa shape index (κ2) is 9.56. The number of amides is 2. The maximum Gasteiger partial charge on any atom is 0.251 e. The lowest BCUT2D eigenvalue weighted by Gasteiger charge is -2.32. The molecule has 0 unspecified atom stereocenters. The van der Waals surface area contributed by atoms with E-state index in [1.807, 2.05) is 0 Å². The lowest BCUT2D eigenvalue weighted by molar-refractivity contribution is -0.121. The highest BCUT2D eigenvalue weighted by Crippen LogP contribution is 2.16. The number of piperidine rings is 1. The highest BCUT2D eigenvalue weighted by atomic mass is 19.2. The summed E-state index contributed by atoms with van der Waals surface area (Å²) in [4.78, 5) is 26.1. The molecule has 0 aromatic heterocycles. The van der Waals surface area contributed by atoms with Gasteiger partial charge in [0.1, 0.15) is 5.82 Å². The molecule has 2 aromatic rings. The molecule has 0 bridgehead atoms. The summed E-state index contributed by atoms with van der Waals surface area (Å²) in [6.07, 6.45) is 1.45. The Kier molecular flexibility index (Phi) is 6.87. The third-order valence-electron chi connectivity index (χ3n) is 4.86. The molecule has 8 heteroatoms. The normalized spacial score (nSPS) is 15.1. The Labute approximate surface area is 166 Å². The van der Waals surface area contributed by atoms with Crippen molar-refractivity contribution in [2.75, 3.05) is 19.6 Å². The molecule has 1 aliphatic rings. The highest BCUT2D eigenvalue weighted by molar-refractivity contribution is 5.96. The first-order valence-electron chi connectivity index (χ1n) is 9.40. The van der Waals surface area contributed by atoms with Crippen LogP contribution in [0.1, 0.15) is 28.8 Å². The molecule has 1 saturated heterocycles. The number of nitrogens with one attached hydrogen (secondary N) is 2. The van der Waals surface area contributed by atoms with E-state index in [-0.39, 0.29) is 24.1 Å². The van der Waals surface area contributed by atoms with Gasteiger partial charge in [-0.05, 0) is 54.8 Å². The van der Waals surface area contributed by atoms with Crippen LogP contribution in [0.3, 0.4) is 0 Å². The molecular formula is C21H22F3N3O2. The fraction of sp³-hybridized carbons (Fsp3) is 0.333. The van der Waals surface area contributed by atoms with Crippen LogP contribution in [0, 0.1) is 17.5 Å². The van der Waals surface area contributed by atoms with Crippen molar-refractivity contribution in [1.82, 2.24) is 15.5 Å². The minimum atomic E-state index is -0.860. The summed E-state index contributed by atoms with van der Waals surface area (Å²) in [5.74, 6) is -2.88. The number of rotatable bonds is 6. The Bertz CT molecular complexity index is 866. The molecule has 1 heterocycles. The summed E-state index contributed by atoms with van der Waals surface area (Å²) in [7, 11) is 0. The largest absolute Gasteiger partial charge is 0.352 e. The van der Waals surface area contributed by atoms with Gasteiger partial charge >= 0.3 is 0 Å². The molecule has 3 rings (SSSR count). The minimum Gasteiger partial charge on any atom is -0.352 e. The lowest BCUT2D eigenvalue weighted by Crippen LogP contribution is -2.47. The Morgan fingerprint density at radius 2 is 1.66 bits per heavy atom. The predicted molar refractivity (Wildman–Crippen MR) is 102 cm³/mol. The van der Waals surface area contributed by atoms with Crippen LogP contribution in [-0.2, 0) is 11.3 Å². The summed E-state index contributed by atoms with van der Waals surface area (Å²) in [6.45, 7) is 1.79. The van der Waals surface area contributed by atoms with Gasteiger partial charge in [0.15, 0.2) is 11.6 Å². The van der Waals surface area contributed by atoms with Crippen LogP contribution < -0.4 is 10.6 Å². The third kappa shape index (κ3) is 6.05. The van der Waals surface area contributed by atoms with Crippen LogP contribution in [0.2, 0.25) is 0 Å². The van der Waals surface area contributed by atoms with Gasteiger partial charge in [0.25, 0.3) is 5.91 Å². The molecule has 5 nitrogen and oxygen atoms in total. The first-order chi connectivity index (χ1) is 13.9. The first kappa shape index (κ1) is 20.9. The Balaban J connectivity index is 1.38. The molecule has 2 aromatic carbocycles. The van der Waals surface area contributed by atoms with E-state index in [2.05, 4.69) is 15.5 Å². The molecule has 0 saturated carbocycles. The predicted octanol–water partition coefficient (Wildman–Crippen LogP) is 2.61. The molecule has 0 aliphatic carbocycles. The fourth-order valence-electron chi connectivity index (χ4n) is 3.27. The number of benzene rings is 2. The summed E-state index contributed by atoms with van der Waals surface area (Å²) in [6, 6.07) is 8.95. The van der Waals surface area contributed by atoms with E-state index in [0.717, 1.165) is 18.9 Å². The van der Waals surface area contributed by atoms with Crippen LogP contribution in [0.25, 0.3) is 0 Å². The smallest absolute Gasteiger partial charge is 0.251 e. The summed E-state index contributed by atoms with van der Waals surface area (Å²) >= 11 is 0. The van der Waals surface area contributed by atoms with Crippen LogP contribution in [0.15, 0.2) is 42.5 Å². The number of hydrogen-bond donors (Lipinski definition) is 2. The van der Waals surface area contributed by atoms with Crippen molar-refractivity contribution in [3.63, 3.8) is 0 Å². The molecule has 1 fully saturated rings. The Morgan fingerprint density at radius 3 is 2.31 bits per heavy atom. The molecular weight excluding hydrogens is 383 g/mol. The molecule has 29 heavy (non-hydrogen) atoms. The van der Waals surface area contributed by atoms with E-state index >= 15 is 0 Å². The number of nitrogens with zero attached hydrogens (tertiary/aromatic N) is 1. The van der Waals surface area contributed by atoms with E-state index in [1.165, 1.54) is 30.3 Å². The van der Waals surface area contributed by atoms with E-state index in [0.29, 0.717) is 25.2 Å². The van der Waals surface area contributed by atoms with Gasteiger partial charge in [0, 0.05) is 31.2 Å². The maximum absolute atomic E-state index is 13.3. The second-order valence-electron chi connectivity index (χ2n) is 7.06. The number of carbonyl (C=O) groups excluding carboxylic acids is 2. The van der Waals surface area contributed by atoms with E-state index in [9.17, 15) is 22.8 Å². The fourth-order valence-corrected chi connectivity index (χ4v) is 3.27. The summed E-state index contributed by atoms with van der Waals surface area (Å²) < 4.78 is 39.2. The zero-order valence-corrected chi connectivity index (χ0v) is 15.8. The van der Waals surface area contributed by atoms with Crippen LogP contribution in [0.4, 0.5) is 13.2 Å². The van der Waals surface area contributed by atoms with Crippen LogP contribution >= 0.6 is 0 Å². The van der Waals surface area contributed by atoms with Crippen molar-refractivity contribution in [1.29, 1.82) is 0 Å². The van der Waals surface area contributed by atoms with E-state index in [1.54, 1.807) is 6.07 Å². The quantitative estimate of drug-likeness (QED) is 0.777. The van der Waals surface area contributed by atoms with Crippen molar-refractivity contribution in [2.24, 2.45) is 0 Å². The highest BCUT2D eigenvalue weighted by Gasteiger charge is 2.21. The molecule has 154 valence electrons. The van der Waals surface area contributed by atoms with Crippen molar-refractivity contribution in [2.45, 2.75) is 25.4 Å². The third-order valence-corrected chi connectivity index (χ3v) is 4.86. The Hall–Kier alpha value is -2.87. The van der Waals surface area contributed by atoms with Gasteiger partial charge in [-0.2, -0.15) is 0 Å². The van der Waals surface area contributed by atoms with Gasteiger partial charge in [-0.15, -0.1) is 0 Å². The zero-order valence-electron chi connectivity index (χ0n) is 15.8. The molecule has 0 atom stereocenters. The van der Waals surface area contributed by atoms with Crippen LogP contribution in [-0.4, -0.2) is 42.4 Å². The van der Waals surface area contributed by atoms with Gasteiger partial charge < -0.3 is 10.6 Å². The molecule has 0 spiro atoms. The van der Waals surface area contributed by atoms with Gasteiger partial charge in [-0.25, -0.2) is 13.2 Å². The van der Waals surface area contributed by atoms with Gasteiger partial charge in [0.2, 0.25) is 5.91 Å². The van der Waals surface area contributed by atoms with Crippen molar-refractivity contribution in [3.8, 4) is 0 Å². The second-order valence-corrected chi connectivity index (χ2v) is 7.06. The molecule has 2 N–H and O–H groups in total. The maximum atomic E-state index is 13.3. The average Bonchev–Trinajstić information content (AvgIpc) is 2.71. The summed E-state index contributed by atoms with van der Waals surface area (Å²) in [5, 5.41) is 5.39. The standard InChI is InChI=1S/C21H22F3N3O2/c22-16-4-2-15(3-5-16)21(29)25-12-20(28)26-17-7-9-27(10-8-17)13-14-1-6-18(23)19(24)11-14/h1-6,11,17H,7-10,12-13H2,(H,25,29)(H,26,28). The number of carbonyl (C=O) groups is 2. The molecule has 1 aliphatic heterocycles. The number of halogens is 3. The van der Waals surface area contributed by atoms with Gasteiger partial charge in [0.05, 0.1) is 6.54 Å². The number of likely N-dealkylation sites (tertiary alicyclic amines) is 1. The first-order valence-corrected chi connectivity index (χ1v) is 9.40. The topological polar surface area (TPSA) is 61.4 Å². The Morgan fingerprint density at radius 1 is 0.966 bits per heavy atom. The van der Waals surface area contributed by atoms with E-state index < -0.39 is 23.4 Å². The van der Waals surface area contributed by atoms with Gasteiger partial charge in [-0.3, -0.25) is 14.5 Å². The van der Waals surface area contributed by atoms with E-state index in [4.69, 9.17) is 0 Å². The monoisotopic (exact) mass is 405 g/mol. The van der Waals surface area contributed by atoms with Gasteiger partial charge in [-0.1, -0.05) is 6.07 Å².